The van der Waals surface area contributed by atoms with Gasteiger partial charge in [0.15, 0.2) is 0 Å². The van der Waals surface area contributed by atoms with Crippen LogP contribution in [-0.2, 0) is 0 Å². The molecule has 15 heavy (non-hydrogen) atoms. The van der Waals surface area contributed by atoms with Crippen LogP contribution in [-0.4, -0.2) is 5.11 Å². The molecule has 0 aromatic heterocycles. The summed E-state index contributed by atoms with van der Waals surface area (Å²) in [5.41, 5.74) is 2.55. The normalized spacial score (nSPS) is 10.3. The molecule has 0 saturated carbocycles. The summed E-state index contributed by atoms with van der Waals surface area (Å²) >= 11 is 0. The van der Waals surface area contributed by atoms with E-state index in [4.69, 9.17) is 0 Å². The van der Waals surface area contributed by atoms with Crippen LogP contribution >= 0.6 is 0 Å². The van der Waals surface area contributed by atoms with Crippen molar-refractivity contribution in [2.24, 2.45) is 0 Å². The summed E-state index contributed by atoms with van der Waals surface area (Å²) in [5.74, 6) is -0.0669. The van der Waals surface area contributed by atoms with Crippen molar-refractivity contribution in [1.29, 1.82) is 0 Å². The molecule has 2 rings (SSSR count). The number of aryl methyl sites for hydroxylation is 1. The van der Waals surface area contributed by atoms with E-state index in [1.54, 1.807) is 18.2 Å². The van der Waals surface area contributed by atoms with Gasteiger partial charge in [0.05, 0.1) is 0 Å². The summed E-state index contributed by atoms with van der Waals surface area (Å²) in [6.07, 6.45) is 0. The summed E-state index contributed by atoms with van der Waals surface area (Å²) in [6, 6.07) is 11.5. The fraction of sp³-hybridized carbons (Fsp3) is 0.0769. The topological polar surface area (TPSA) is 20.2 Å². The fourth-order valence-electron chi connectivity index (χ4n) is 1.60. The van der Waals surface area contributed by atoms with Crippen molar-refractivity contribution < 1.29 is 9.50 Å². The molecule has 0 heterocycles. The number of hydrogen-bond acceptors (Lipinski definition) is 1. The molecular formula is C13H11FO. The summed E-state index contributed by atoms with van der Waals surface area (Å²) < 4.78 is 13.0. The summed E-state index contributed by atoms with van der Waals surface area (Å²) in [7, 11) is 0. The van der Waals surface area contributed by atoms with Crippen molar-refractivity contribution in [1.82, 2.24) is 0 Å². The first-order valence-corrected chi connectivity index (χ1v) is 4.72. The zero-order valence-corrected chi connectivity index (χ0v) is 8.37. The van der Waals surface area contributed by atoms with Gasteiger partial charge in [0.2, 0.25) is 0 Å². The van der Waals surface area contributed by atoms with Crippen LogP contribution < -0.4 is 0 Å². The second kappa shape index (κ2) is 3.73. The molecule has 0 aliphatic carbocycles. The molecule has 2 aromatic rings. The molecule has 0 aliphatic rings. The third-order valence-electron chi connectivity index (χ3n) is 2.22. The van der Waals surface area contributed by atoms with Gasteiger partial charge in [0.1, 0.15) is 11.6 Å². The summed E-state index contributed by atoms with van der Waals surface area (Å²) in [4.78, 5) is 0. The predicted octanol–water partition coefficient (Wildman–Crippen LogP) is 3.51. The van der Waals surface area contributed by atoms with Gasteiger partial charge in [-0.2, -0.15) is 0 Å². The van der Waals surface area contributed by atoms with Gasteiger partial charge in [-0.05, 0) is 47.9 Å². The Kier molecular flexibility index (Phi) is 2.42. The predicted molar refractivity (Wildman–Crippen MR) is 58.2 cm³/mol. The maximum absolute atomic E-state index is 13.0. The van der Waals surface area contributed by atoms with Crippen LogP contribution in [0.1, 0.15) is 5.56 Å². The highest BCUT2D eigenvalue weighted by molar-refractivity contribution is 5.65. The monoisotopic (exact) mass is 202 g/mol. The lowest BCUT2D eigenvalue weighted by molar-refractivity contribution is 0.475. The van der Waals surface area contributed by atoms with E-state index in [1.807, 2.05) is 19.1 Å². The minimum Gasteiger partial charge on any atom is -0.508 e. The molecule has 0 saturated heterocycles. The van der Waals surface area contributed by atoms with Crippen LogP contribution in [0.5, 0.6) is 5.75 Å². The highest BCUT2D eigenvalue weighted by Gasteiger charge is 2.01. The molecule has 1 nitrogen and oxygen atoms in total. The second-order valence-corrected chi connectivity index (χ2v) is 3.57. The van der Waals surface area contributed by atoms with Crippen LogP contribution in [0.3, 0.4) is 0 Å². The summed E-state index contributed by atoms with van der Waals surface area (Å²) in [6.45, 7) is 1.89. The van der Waals surface area contributed by atoms with Crippen LogP contribution in [0.25, 0.3) is 11.1 Å². The molecule has 0 radical (unpaired) electrons. The fourth-order valence-corrected chi connectivity index (χ4v) is 1.60. The summed E-state index contributed by atoms with van der Waals surface area (Å²) in [5, 5.41) is 9.43. The molecule has 2 aromatic carbocycles. The Balaban J connectivity index is 2.54. The zero-order chi connectivity index (χ0) is 10.8. The largest absolute Gasteiger partial charge is 0.508 e. The first-order chi connectivity index (χ1) is 7.15. The highest BCUT2D eigenvalue weighted by Crippen LogP contribution is 2.25. The SMILES string of the molecule is Cc1cc(O)cc(-c2cccc(F)c2)c1. The minimum absolute atomic E-state index is 0.203. The van der Waals surface area contributed by atoms with Crippen LogP contribution in [0.15, 0.2) is 42.5 Å². The average molecular weight is 202 g/mol. The molecule has 2 heteroatoms. The van der Waals surface area contributed by atoms with E-state index in [2.05, 4.69) is 0 Å². The van der Waals surface area contributed by atoms with Gasteiger partial charge in [-0.1, -0.05) is 18.2 Å². The second-order valence-electron chi connectivity index (χ2n) is 3.57. The maximum atomic E-state index is 13.0. The smallest absolute Gasteiger partial charge is 0.123 e. The van der Waals surface area contributed by atoms with Crippen molar-refractivity contribution in [3.8, 4) is 16.9 Å². The van der Waals surface area contributed by atoms with Gasteiger partial charge >= 0.3 is 0 Å². The molecule has 0 bridgehead atoms. The van der Waals surface area contributed by atoms with Gasteiger partial charge in [-0.15, -0.1) is 0 Å². The molecule has 0 spiro atoms. The van der Waals surface area contributed by atoms with Crippen LogP contribution in [0.2, 0.25) is 0 Å². The van der Waals surface area contributed by atoms with E-state index < -0.39 is 0 Å². The molecular weight excluding hydrogens is 191 g/mol. The van der Waals surface area contributed by atoms with E-state index in [9.17, 15) is 9.50 Å². The molecule has 0 unspecified atom stereocenters. The van der Waals surface area contributed by atoms with E-state index in [-0.39, 0.29) is 11.6 Å². The molecule has 1 N–H and O–H groups in total. The van der Waals surface area contributed by atoms with E-state index in [1.165, 1.54) is 12.1 Å². The number of phenols is 1. The quantitative estimate of drug-likeness (QED) is 0.750. The van der Waals surface area contributed by atoms with Gasteiger partial charge in [-0.25, -0.2) is 4.39 Å². The van der Waals surface area contributed by atoms with E-state index in [0.717, 1.165) is 16.7 Å². The van der Waals surface area contributed by atoms with E-state index in [0.29, 0.717) is 0 Å². The number of hydrogen-bond donors (Lipinski definition) is 1. The Bertz CT molecular complexity index is 471. The number of phenolic OH excluding ortho intramolecular Hbond substituents is 1. The Morgan fingerprint density at radius 1 is 1.00 bits per heavy atom. The van der Waals surface area contributed by atoms with Crippen molar-refractivity contribution in [2.75, 3.05) is 0 Å². The van der Waals surface area contributed by atoms with Crippen molar-refractivity contribution >= 4 is 0 Å². The van der Waals surface area contributed by atoms with Crippen molar-refractivity contribution in [3.05, 3.63) is 53.8 Å². The average Bonchev–Trinajstić information content (AvgIpc) is 2.16. The Labute approximate surface area is 87.8 Å². The molecule has 76 valence electrons. The maximum Gasteiger partial charge on any atom is 0.123 e. The van der Waals surface area contributed by atoms with Crippen molar-refractivity contribution in [2.45, 2.75) is 6.92 Å². The standard InChI is InChI=1S/C13H11FO/c1-9-5-11(8-13(15)6-9)10-3-2-4-12(14)7-10/h2-8,15H,1H3. The van der Waals surface area contributed by atoms with Gasteiger partial charge < -0.3 is 5.11 Å². The number of benzene rings is 2. The van der Waals surface area contributed by atoms with Crippen LogP contribution in [0, 0.1) is 12.7 Å². The lowest BCUT2D eigenvalue weighted by atomic mass is 10.0. The third-order valence-corrected chi connectivity index (χ3v) is 2.22. The van der Waals surface area contributed by atoms with E-state index >= 15 is 0 Å². The Morgan fingerprint density at radius 2 is 1.80 bits per heavy atom. The minimum atomic E-state index is -0.270. The molecule has 0 amide bonds. The van der Waals surface area contributed by atoms with Crippen molar-refractivity contribution in [3.63, 3.8) is 0 Å². The van der Waals surface area contributed by atoms with Gasteiger partial charge in [-0.3, -0.25) is 0 Å². The lowest BCUT2D eigenvalue weighted by Gasteiger charge is -2.04. The van der Waals surface area contributed by atoms with Gasteiger partial charge in [0, 0.05) is 0 Å². The lowest BCUT2D eigenvalue weighted by Crippen LogP contribution is -1.81. The highest BCUT2D eigenvalue weighted by atomic mass is 19.1. The number of halogens is 1. The number of aromatic hydroxyl groups is 1. The van der Waals surface area contributed by atoms with Crippen LogP contribution in [0.4, 0.5) is 4.39 Å². The van der Waals surface area contributed by atoms with Gasteiger partial charge in [0.25, 0.3) is 0 Å². The molecule has 0 aliphatic heterocycles. The molecule has 0 atom stereocenters. The first-order valence-electron chi connectivity index (χ1n) is 4.72. The first kappa shape index (κ1) is 9.71. The number of rotatable bonds is 1. The zero-order valence-electron chi connectivity index (χ0n) is 8.37. The Hall–Kier alpha value is -1.83. The third kappa shape index (κ3) is 2.15. The Morgan fingerprint density at radius 3 is 2.47 bits per heavy atom. The molecule has 0 fully saturated rings.